The number of hydrogen-bond donors (Lipinski definition) is 2. The SMILES string of the molecule is O=C(CN1CCCCCC1=O)Nc1cccc(C(=O)Nc2cccc(F)c2)c1. The average Bonchev–Trinajstić information content (AvgIpc) is 2.86. The Balaban J connectivity index is 1.61. The molecule has 0 spiro atoms. The van der Waals surface area contributed by atoms with Gasteiger partial charge in [0.2, 0.25) is 11.8 Å². The molecule has 3 rings (SSSR count). The largest absolute Gasteiger partial charge is 0.333 e. The molecule has 0 bridgehead atoms. The van der Waals surface area contributed by atoms with Crippen molar-refractivity contribution in [2.24, 2.45) is 0 Å². The molecule has 146 valence electrons. The van der Waals surface area contributed by atoms with E-state index < -0.39 is 11.7 Å². The van der Waals surface area contributed by atoms with Gasteiger partial charge in [0, 0.05) is 29.9 Å². The lowest BCUT2D eigenvalue weighted by Crippen LogP contribution is -2.37. The minimum Gasteiger partial charge on any atom is -0.333 e. The second kappa shape index (κ2) is 9.12. The van der Waals surface area contributed by atoms with Crippen LogP contribution in [-0.2, 0) is 9.59 Å². The van der Waals surface area contributed by atoms with E-state index in [1.807, 2.05) is 0 Å². The van der Waals surface area contributed by atoms with Gasteiger partial charge in [0.15, 0.2) is 0 Å². The fraction of sp³-hybridized carbons (Fsp3) is 0.286. The van der Waals surface area contributed by atoms with Crippen LogP contribution < -0.4 is 10.6 Å². The highest BCUT2D eigenvalue weighted by Gasteiger charge is 2.19. The molecule has 2 aromatic rings. The molecule has 1 fully saturated rings. The third-order valence-corrected chi connectivity index (χ3v) is 4.50. The van der Waals surface area contributed by atoms with Crippen LogP contribution in [0.2, 0.25) is 0 Å². The molecular formula is C21H22FN3O3. The van der Waals surface area contributed by atoms with Gasteiger partial charge in [-0.3, -0.25) is 14.4 Å². The lowest BCUT2D eigenvalue weighted by Gasteiger charge is -2.19. The van der Waals surface area contributed by atoms with Crippen LogP contribution in [0.25, 0.3) is 0 Å². The number of carbonyl (C=O) groups is 3. The Kier molecular flexibility index (Phi) is 6.37. The van der Waals surface area contributed by atoms with E-state index in [0.29, 0.717) is 29.9 Å². The van der Waals surface area contributed by atoms with Crippen molar-refractivity contribution in [1.29, 1.82) is 0 Å². The van der Waals surface area contributed by atoms with Crippen LogP contribution in [0.1, 0.15) is 36.0 Å². The Bertz CT molecular complexity index is 885. The number of nitrogens with zero attached hydrogens (tertiary/aromatic N) is 1. The Hall–Kier alpha value is -3.22. The van der Waals surface area contributed by atoms with Gasteiger partial charge < -0.3 is 15.5 Å². The first-order chi connectivity index (χ1) is 13.5. The molecular weight excluding hydrogens is 361 g/mol. The molecule has 3 amide bonds. The van der Waals surface area contributed by atoms with Gasteiger partial charge in [-0.1, -0.05) is 18.6 Å². The molecule has 0 radical (unpaired) electrons. The van der Waals surface area contributed by atoms with Crippen molar-refractivity contribution in [3.8, 4) is 0 Å². The fourth-order valence-electron chi connectivity index (χ4n) is 3.09. The highest BCUT2D eigenvalue weighted by molar-refractivity contribution is 6.05. The van der Waals surface area contributed by atoms with Crippen molar-refractivity contribution in [1.82, 2.24) is 4.90 Å². The van der Waals surface area contributed by atoms with Crippen LogP contribution in [0.15, 0.2) is 48.5 Å². The topological polar surface area (TPSA) is 78.5 Å². The van der Waals surface area contributed by atoms with Crippen LogP contribution >= 0.6 is 0 Å². The van der Waals surface area contributed by atoms with Crippen molar-refractivity contribution in [2.45, 2.75) is 25.7 Å². The lowest BCUT2D eigenvalue weighted by atomic mass is 10.1. The minimum absolute atomic E-state index is 0.00144. The first-order valence-electron chi connectivity index (χ1n) is 9.26. The van der Waals surface area contributed by atoms with Crippen molar-refractivity contribution in [3.63, 3.8) is 0 Å². The molecule has 0 aliphatic carbocycles. The van der Waals surface area contributed by atoms with Gasteiger partial charge in [-0.25, -0.2) is 4.39 Å². The molecule has 0 aromatic heterocycles. The van der Waals surface area contributed by atoms with Crippen molar-refractivity contribution in [2.75, 3.05) is 23.7 Å². The van der Waals surface area contributed by atoms with Gasteiger partial charge in [0.05, 0.1) is 6.54 Å². The van der Waals surface area contributed by atoms with Crippen LogP contribution in [0.5, 0.6) is 0 Å². The highest BCUT2D eigenvalue weighted by Crippen LogP contribution is 2.15. The lowest BCUT2D eigenvalue weighted by molar-refractivity contribution is -0.134. The van der Waals surface area contributed by atoms with Gasteiger partial charge in [-0.15, -0.1) is 0 Å². The predicted octanol–water partition coefficient (Wildman–Crippen LogP) is 3.42. The fourth-order valence-corrected chi connectivity index (χ4v) is 3.09. The first kappa shape index (κ1) is 19.5. The number of carbonyl (C=O) groups excluding carboxylic acids is 3. The van der Waals surface area contributed by atoms with E-state index in [1.165, 1.54) is 24.3 Å². The Morgan fingerprint density at radius 2 is 1.71 bits per heavy atom. The average molecular weight is 383 g/mol. The quantitative estimate of drug-likeness (QED) is 0.830. The zero-order chi connectivity index (χ0) is 19.9. The van der Waals surface area contributed by atoms with E-state index in [-0.39, 0.29) is 18.4 Å². The van der Waals surface area contributed by atoms with E-state index in [4.69, 9.17) is 0 Å². The van der Waals surface area contributed by atoms with Crippen LogP contribution in [-0.4, -0.2) is 35.7 Å². The van der Waals surface area contributed by atoms with E-state index in [2.05, 4.69) is 10.6 Å². The number of likely N-dealkylation sites (tertiary alicyclic amines) is 1. The zero-order valence-electron chi connectivity index (χ0n) is 15.4. The zero-order valence-corrected chi connectivity index (χ0v) is 15.4. The van der Waals surface area contributed by atoms with E-state index in [0.717, 1.165) is 19.3 Å². The maximum atomic E-state index is 13.2. The molecule has 6 nitrogen and oxygen atoms in total. The molecule has 1 saturated heterocycles. The second-order valence-electron chi connectivity index (χ2n) is 6.72. The summed E-state index contributed by atoms with van der Waals surface area (Å²) in [6.45, 7) is 0.584. The molecule has 1 aliphatic heterocycles. The maximum absolute atomic E-state index is 13.2. The monoisotopic (exact) mass is 383 g/mol. The summed E-state index contributed by atoms with van der Waals surface area (Å²) in [5.74, 6) is -1.17. The molecule has 28 heavy (non-hydrogen) atoms. The van der Waals surface area contributed by atoms with Crippen LogP contribution in [0, 0.1) is 5.82 Å². The number of nitrogens with one attached hydrogen (secondary N) is 2. The third-order valence-electron chi connectivity index (χ3n) is 4.50. The number of anilines is 2. The molecule has 7 heteroatoms. The smallest absolute Gasteiger partial charge is 0.255 e. The number of halogens is 1. The molecule has 2 aromatic carbocycles. The van der Waals surface area contributed by atoms with Gasteiger partial charge in [0.1, 0.15) is 5.82 Å². The minimum atomic E-state index is -0.443. The van der Waals surface area contributed by atoms with Gasteiger partial charge in [-0.05, 0) is 49.2 Å². The van der Waals surface area contributed by atoms with Crippen molar-refractivity contribution in [3.05, 3.63) is 59.9 Å². The van der Waals surface area contributed by atoms with Crippen molar-refractivity contribution >= 4 is 29.1 Å². The Labute approximate surface area is 162 Å². The Morgan fingerprint density at radius 1 is 0.964 bits per heavy atom. The van der Waals surface area contributed by atoms with Crippen molar-refractivity contribution < 1.29 is 18.8 Å². The number of rotatable bonds is 5. The normalized spacial score (nSPS) is 14.3. The van der Waals surface area contributed by atoms with E-state index in [1.54, 1.807) is 29.2 Å². The molecule has 0 unspecified atom stereocenters. The molecule has 1 heterocycles. The predicted molar refractivity (Wildman–Crippen MR) is 104 cm³/mol. The summed E-state index contributed by atoms with van der Waals surface area (Å²) in [5.41, 5.74) is 1.13. The summed E-state index contributed by atoms with van der Waals surface area (Å²) in [6, 6.07) is 12.1. The number of hydrogen-bond acceptors (Lipinski definition) is 3. The Morgan fingerprint density at radius 3 is 2.50 bits per heavy atom. The summed E-state index contributed by atoms with van der Waals surface area (Å²) < 4.78 is 13.2. The molecule has 0 saturated carbocycles. The molecule has 2 N–H and O–H groups in total. The number of benzene rings is 2. The highest BCUT2D eigenvalue weighted by atomic mass is 19.1. The summed E-state index contributed by atoms with van der Waals surface area (Å²) in [7, 11) is 0. The maximum Gasteiger partial charge on any atom is 0.255 e. The summed E-state index contributed by atoms with van der Waals surface area (Å²) in [6.07, 6.45) is 3.23. The number of amides is 3. The van der Waals surface area contributed by atoms with E-state index >= 15 is 0 Å². The third kappa shape index (κ3) is 5.39. The van der Waals surface area contributed by atoms with Crippen LogP contribution in [0.4, 0.5) is 15.8 Å². The summed E-state index contributed by atoms with van der Waals surface area (Å²) in [4.78, 5) is 38.2. The van der Waals surface area contributed by atoms with E-state index in [9.17, 15) is 18.8 Å². The standard InChI is InChI=1S/C21H22FN3O3/c22-16-7-5-9-18(13-16)24-21(28)15-6-4-8-17(12-15)23-19(26)14-25-11-3-1-2-10-20(25)27/h4-9,12-13H,1-3,10-11,14H2,(H,23,26)(H,24,28). The molecule has 1 aliphatic rings. The van der Waals surface area contributed by atoms with Gasteiger partial charge in [0.25, 0.3) is 5.91 Å². The first-order valence-corrected chi connectivity index (χ1v) is 9.26. The molecule has 0 atom stereocenters. The van der Waals surface area contributed by atoms with Gasteiger partial charge in [-0.2, -0.15) is 0 Å². The second-order valence-corrected chi connectivity index (χ2v) is 6.72. The summed E-state index contributed by atoms with van der Waals surface area (Å²) >= 11 is 0. The van der Waals surface area contributed by atoms with Gasteiger partial charge >= 0.3 is 0 Å². The van der Waals surface area contributed by atoms with Crippen LogP contribution in [0.3, 0.4) is 0 Å². The summed E-state index contributed by atoms with van der Waals surface area (Å²) in [5, 5.41) is 5.34.